The van der Waals surface area contributed by atoms with Crippen LogP contribution in [0.1, 0.15) is 26.0 Å². The number of thiazole rings is 1. The number of hydrogen-bond donors (Lipinski definition) is 1. The molecule has 1 fully saturated rings. The number of hydrogen-bond acceptors (Lipinski definition) is 5. The van der Waals surface area contributed by atoms with Crippen LogP contribution in [0.15, 0.2) is 10.2 Å². The van der Waals surface area contributed by atoms with Crippen LogP contribution in [0.2, 0.25) is 0 Å². The second kappa shape index (κ2) is 8.61. The van der Waals surface area contributed by atoms with E-state index in [4.69, 9.17) is 0 Å². The highest BCUT2D eigenvalue weighted by molar-refractivity contribution is 7.07. The van der Waals surface area contributed by atoms with Crippen LogP contribution in [-0.4, -0.2) is 65.6 Å². The van der Waals surface area contributed by atoms with Crippen LogP contribution >= 0.6 is 11.3 Å². The number of nitrogens with zero attached hydrogens (tertiary/aromatic N) is 3. The van der Waals surface area contributed by atoms with E-state index in [-0.39, 0.29) is 16.8 Å². The summed E-state index contributed by atoms with van der Waals surface area (Å²) in [4.78, 5) is 28.3. The smallest absolute Gasteiger partial charge is 0.307 e. The van der Waals surface area contributed by atoms with E-state index in [0.717, 1.165) is 51.4 Å². The van der Waals surface area contributed by atoms with Gasteiger partial charge in [-0.05, 0) is 20.3 Å². The molecule has 1 aliphatic heterocycles. The van der Waals surface area contributed by atoms with Gasteiger partial charge in [-0.1, -0.05) is 18.3 Å². The molecule has 2 rings (SSSR count). The molecule has 0 aromatic carbocycles. The summed E-state index contributed by atoms with van der Waals surface area (Å²) < 4.78 is 1.84. The molecular formula is C16H28N4O2S. The monoisotopic (exact) mass is 340 g/mol. The zero-order valence-electron chi connectivity index (χ0n) is 14.4. The third kappa shape index (κ3) is 5.44. The Bertz CT molecular complexity index is 561. The minimum Gasteiger partial charge on any atom is -0.353 e. The van der Waals surface area contributed by atoms with E-state index >= 15 is 0 Å². The molecular weight excluding hydrogens is 312 g/mol. The first-order valence-corrected chi connectivity index (χ1v) is 9.26. The van der Waals surface area contributed by atoms with Crippen LogP contribution < -0.4 is 10.2 Å². The van der Waals surface area contributed by atoms with Crippen molar-refractivity contribution >= 4 is 17.2 Å². The summed E-state index contributed by atoms with van der Waals surface area (Å²) in [5, 5.41) is 4.93. The number of piperazine rings is 1. The van der Waals surface area contributed by atoms with E-state index in [9.17, 15) is 9.59 Å². The zero-order chi connectivity index (χ0) is 16.8. The highest BCUT2D eigenvalue weighted by Gasteiger charge is 2.19. The molecule has 130 valence electrons. The van der Waals surface area contributed by atoms with E-state index in [2.05, 4.69) is 22.0 Å². The number of aromatic nitrogens is 1. The lowest BCUT2D eigenvalue weighted by molar-refractivity contribution is -0.123. The molecule has 1 atom stereocenters. The highest BCUT2D eigenvalue weighted by Crippen LogP contribution is 2.04. The van der Waals surface area contributed by atoms with E-state index in [1.165, 1.54) is 11.3 Å². The average Bonchev–Trinajstić information content (AvgIpc) is 2.85. The molecule has 0 bridgehead atoms. The second-order valence-electron chi connectivity index (χ2n) is 6.29. The lowest BCUT2D eigenvalue weighted by Gasteiger charge is -2.34. The fourth-order valence-corrected chi connectivity index (χ4v) is 3.47. The maximum atomic E-state index is 11.9. The van der Waals surface area contributed by atoms with Crippen LogP contribution in [0.25, 0.3) is 0 Å². The fourth-order valence-electron chi connectivity index (χ4n) is 2.71. The van der Waals surface area contributed by atoms with E-state index < -0.39 is 0 Å². The molecule has 1 aliphatic rings. The number of carbonyl (C=O) groups is 1. The van der Waals surface area contributed by atoms with Crippen molar-refractivity contribution in [3.63, 3.8) is 0 Å². The van der Waals surface area contributed by atoms with Gasteiger partial charge in [0.2, 0.25) is 5.91 Å². The summed E-state index contributed by atoms with van der Waals surface area (Å²) in [7, 11) is 0. The van der Waals surface area contributed by atoms with E-state index in [1.807, 2.05) is 23.8 Å². The van der Waals surface area contributed by atoms with E-state index in [1.54, 1.807) is 0 Å². The quantitative estimate of drug-likeness (QED) is 0.796. The Hall–Kier alpha value is -1.18. The summed E-state index contributed by atoms with van der Waals surface area (Å²) in [6, 6.07) is 0.246. The normalized spacial score (nSPS) is 18.0. The molecule has 23 heavy (non-hydrogen) atoms. The summed E-state index contributed by atoms with van der Waals surface area (Å²) in [5.74, 6) is 0.119. The Morgan fingerprint density at radius 1 is 1.26 bits per heavy atom. The number of nitrogens with one attached hydrogen (secondary N) is 1. The van der Waals surface area contributed by atoms with Gasteiger partial charge in [0.05, 0.1) is 6.54 Å². The van der Waals surface area contributed by atoms with Gasteiger partial charge in [0, 0.05) is 56.4 Å². The lowest BCUT2D eigenvalue weighted by Crippen LogP contribution is -2.50. The number of aryl methyl sites for hydroxylation is 1. The van der Waals surface area contributed by atoms with Gasteiger partial charge in [0.15, 0.2) is 0 Å². The van der Waals surface area contributed by atoms with Crippen LogP contribution in [-0.2, 0) is 11.3 Å². The third-order valence-electron chi connectivity index (χ3n) is 4.47. The van der Waals surface area contributed by atoms with Gasteiger partial charge in [0.1, 0.15) is 0 Å². The molecule has 7 heteroatoms. The molecule has 1 saturated heterocycles. The van der Waals surface area contributed by atoms with Crippen molar-refractivity contribution in [1.82, 2.24) is 19.7 Å². The predicted octanol–water partition coefficient (Wildman–Crippen LogP) is 0.751. The van der Waals surface area contributed by atoms with Crippen LogP contribution in [0, 0.1) is 6.92 Å². The molecule has 6 nitrogen and oxygen atoms in total. The summed E-state index contributed by atoms with van der Waals surface area (Å²) in [6.45, 7) is 11.9. The van der Waals surface area contributed by atoms with Crippen molar-refractivity contribution in [2.45, 2.75) is 39.8 Å². The maximum absolute atomic E-state index is 11.9. The van der Waals surface area contributed by atoms with Gasteiger partial charge >= 0.3 is 4.87 Å². The SMILES string of the molecule is CC[C@H](C)NC(=O)CN1CCN(CCn2c(C)csc2=O)CC1. The van der Waals surface area contributed by atoms with Crippen LogP contribution in [0.3, 0.4) is 0 Å². The van der Waals surface area contributed by atoms with Crippen LogP contribution in [0.4, 0.5) is 0 Å². The standard InChI is InChI=1S/C16H28N4O2S/c1-4-13(2)17-15(21)11-19-7-5-18(6-8-19)9-10-20-14(3)12-23-16(20)22/h12-13H,4-11H2,1-3H3,(H,17,21)/t13-/m0/s1. The van der Waals surface area contributed by atoms with Crippen molar-refractivity contribution in [1.29, 1.82) is 0 Å². The molecule has 0 aliphatic carbocycles. The molecule has 1 aromatic heterocycles. The van der Waals surface area contributed by atoms with Crippen molar-refractivity contribution < 1.29 is 4.79 Å². The Morgan fingerprint density at radius 3 is 2.48 bits per heavy atom. The van der Waals surface area contributed by atoms with Crippen molar-refractivity contribution in [2.75, 3.05) is 39.3 Å². The zero-order valence-corrected chi connectivity index (χ0v) is 15.2. The molecule has 1 aromatic rings. The number of rotatable bonds is 7. The van der Waals surface area contributed by atoms with Gasteiger partial charge in [-0.2, -0.15) is 0 Å². The molecule has 0 radical (unpaired) electrons. The van der Waals surface area contributed by atoms with E-state index in [0.29, 0.717) is 6.54 Å². The first kappa shape index (κ1) is 18.2. The van der Waals surface area contributed by atoms with Crippen molar-refractivity contribution in [3.05, 3.63) is 20.7 Å². The number of carbonyl (C=O) groups excluding carboxylic acids is 1. The molecule has 1 amide bonds. The largest absolute Gasteiger partial charge is 0.353 e. The number of amides is 1. The lowest BCUT2D eigenvalue weighted by atomic mass is 10.2. The van der Waals surface area contributed by atoms with Crippen LogP contribution in [0.5, 0.6) is 0 Å². The fraction of sp³-hybridized carbons (Fsp3) is 0.750. The predicted molar refractivity (Wildman–Crippen MR) is 94.1 cm³/mol. The molecule has 2 heterocycles. The van der Waals surface area contributed by atoms with Gasteiger partial charge < -0.3 is 9.88 Å². The Balaban J connectivity index is 1.70. The maximum Gasteiger partial charge on any atom is 0.307 e. The van der Waals surface area contributed by atoms with Gasteiger partial charge in [-0.3, -0.25) is 19.4 Å². The molecule has 0 spiro atoms. The van der Waals surface area contributed by atoms with Gasteiger partial charge in [-0.25, -0.2) is 0 Å². The minimum absolute atomic E-state index is 0.119. The Kier molecular flexibility index (Phi) is 6.80. The van der Waals surface area contributed by atoms with Crippen molar-refractivity contribution in [3.8, 4) is 0 Å². The molecule has 0 saturated carbocycles. The Labute approximate surface area is 142 Å². The molecule has 1 N–H and O–H groups in total. The Morgan fingerprint density at radius 2 is 1.91 bits per heavy atom. The highest BCUT2D eigenvalue weighted by atomic mass is 32.1. The first-order chi connectivity index (χ1) is 11.0. The van der Waals surface area contributed by atoms with Gasteiger partial charge in [-0.15, -0.1) is 0 Å². The summed E-state index contributed by atoms with van der Waals surface area (Å²) in [6.07, 6.45) is 0.959. The average molecular weight is 340 g/mol. The first-order valence-electron chi connectivity index (χ1n) is 8.38. The topological polar surface area (TPSA) is 57.6 Å². The molecule has 0 unspecified atom stereocenters. The van der Waals surface area contributed by atoms with Crippen molar-refractivity contribution in [2.24, 2.45) is 0 Å². The van der Waals surface area contributed by atoms with Gasteiger partial charge in [0.25, 0.3) is 0 Å². The third-order valence-corrected chi connectivity index (χ3v) is 5.35. The minimum atomic E-state index is 0.119. The summed E-state index contributed by atoms with van der Waals surface area (Å²) >= 11 is 1.27. The summed E-state index contributed by atoms with van der Waals surface area (Å²) in [5.41, 5.74) is 1.04. The second-order valence-corrected chi connectivity index (χ2v) is 7.11.